The second-order valence-corrected chi connectivity index (χ2v) is 8.90. The Kier molecular flexibility index (Phi) is 4.62. The topological polar surface area (TPSA) is 76.9 Å². The quantitative estimate of drug-likeness (QED) is 0.546. The van der Waals surface area contributed by atoms with Crippen molar-refractivity contribution in [2.75, 3.05) is 4.72 Å². The van der Waals surface area contributed by atoms with Crippen LogP contribution in [0.15, 0.2) is 59.6 Å². The summed E-state index contributed by atoms with van der Waals surface area (Å²) in [4.78, 5) is 4.80. The number of nitrogens with zero attached hydrogens (tertiary/aromatic N) is 3. The Morgan fingerprint density at radius 3 is 2.31 bits per heavy atom. The summed E-state index contributed by atoms with van der Waals surface area (Å²) in [6.07, 6.45) is 1.75. The molecule has 0 aliphatic heterocycles. The molecule has 2 heterocycles. The number of sulfonamides is 1. The highest BCUT2D eigenvalue weighted by molar-refractivity contribution is 7.92. The average molecular weight is 407 g/mol. The normalized spacial score (nSPS) is 11.7. The fourth-order valence-electron chi connectivity index (χ4n) is 3.78. The molecule has 0 amide bonds. The van der Waals surface area contributed by atoms with Gasteiger partial charge in [0, 0.05) is 24.2 Å². The van der Waals surface area contributed by atoms with Gasteiger partial charge in [-0.2, -0.15) is 5.10 Å². The summed E-state index contributed by atoms with van der Waals surface area (Å²) in [5.74, 6) is 0.296. The van der Waals surface area contributed by atoms with Gasteiger partial charge in [0.2, 0.25) is 0 Å². The van der Waals surface area contributed by atoms with Crippen LogP contribution in [-0.2, 0) is 17.1 Å². The molecule has 0 saturated heterocycles. The predicted octanol–water partition coefficient (Wildman–Crippen LogP) is 4.36. The lowest BCUT2D eigenvalue weighted by Gasteiger charge is -2.14. The molecule has 2 aromatic heterocycles. The van der Waals surface area contributed by atoms with E-state index in [2.05, 4.69) is 14.8 Å². The maximum absolute atomic E-state index is 13.0. The van der Waals surface area contributed by atoms with Gasteiger partial charge in [-0.15, -0.1) is 0 Å². The highest BCUT2D eigenvalue weighted by Crippen LogP contribution is 2.27. The van der Waals surface area contributed by atoms with Crippen LogP contribution >= 0.6 is 0 Å². The zero-order valence-electron chi connectivity index (χ0n) is 16.8. The summed E-state index contributed by atoms with van der Waals surface area (Å²) < 4.78 is 30.4. The van der Waals surface area contributed by atoms with E-state index in [1.165, 1.54) is 0 Å². The van der Waals surface area contributed by atoms with Gasteiger partial charge in [0.25, 0.3) is 10.0 Å². The van der Waals surface area contributed by atoms with Crippen molar-refractivity contribution in [3.63, 3.8) is 0 Å². The molecule has 0 aliphatic carbocycles. The first-order chi connectivity index (χ1) is 13.7. The third kappa shape index (κ3) is 3.61. The first-order valence-electron chi connectivity index (χ1n) is 9.24. The lowest BCUT2D eigenvalue weighted by molar-refractivity contribution is 0.600. The maximum Gasteiger partial charge on any atom is 0.263 e. The van der Waals surface area contributed by atoms with E-state index in [9.17, 15) is 8.42 Å². The van der Waals surface area contributed by atoms with E-state index in [1.54, 1.807) is 12.3 Å². The van der Waals surface area contributed by atoms with Crippen molar-refractivity contribution < 1.29 is 8.42 Å². The molecule has 6 nitrogen and oxygen atoms in total. The number of nitrogens with one attached hydrogen (secondary N) is 1. The van der Waals surface area contributed by atoms with Crippen molar-refractivity contribution >= 4 is 26.7 Å². The molecule has 0 fully saturated rings. The second-order valence-electron chi connectivity index (χ2n) is 7.28. The van der Waals surface area contributed by atoms with Crippen molar-refractivity contribution in [3.05, 3.63) is 71.4 Å². The predicted molar refractivity (Wildman–Crippen MR) is 115 cm³/mol. The van der Waals surface area contributed by atoms with Crippen LogP contribution in [0.2, 0.25) is 0 Å². The number of pyridine rings is 1. The number of hydrogen-bond acceptors (Lipinski definition) is 4. The van der Waals surface area contributed by atoms with Crippen LogP contribution in [0.25, 0.3) is 22.2 Å². The number of anilines is 1. The molecular weight excluding hydrogens is 384 g/mol. The van der Waals surface area contributed by atoms with E-state index in [-0.39, 0.29) is 0 Å². The smallest absolute Gasteiger partial charge is 0.263 e. The molecule has 0 unspecified atom stereocenters. The van der Waals surface area contributed by atoms with E-state index < -0.39 is 10.0 Å². The largest absolute Gasteiger partial charge is 0.268 e. The molecule has 4 aromatic rings. The highest BCUT2D eigenvalue weighted by Gasteiger charge is 2.20. The fraction of sp³-hybridized carbons (Fsp3) is 0.182. The van der Waals surface area contributed by atoms with Crippen LogP contribution in [0.4, 0.5) is 5.82 Å². The van der Waals surface area contributed by atoms with Gasteiger partial charge in [0.1, 0.15) is 5.82 Å². The number of fused-ring (bicyclic) bond motifs is 1. The Morgan fingerprint density at radius 1 is 0.931 bits per heavy atom. The van der Waals surface area contributed by atoms with E-state index in [4.69, 9.17) is 0 Å². The molecule has 0 bridgehead atoms. The summed E-state index contributed by atoms with van der Waals surface area (Å²) in [5.41, 5.74) is 5.22. The molecule has 148 valence electrons. The average Bonchev–Trinajstić information content (AvgIpc) is 3.05. The third-order valence-corrected chi connectivity index (χ3v) is 6.58. The summed E-state index contributed by atoms with van der Waals surface area (Å²) in [6, 6.07) is 15.1. The van der Waals surface area contributed by atoms with Gasteiger partial charge in [-0.1, -0.05) is 23.8 Å². The van der Waals surface area contributed by atoms with E-state index in [1.807, 2.05) is 75.0 Å². The first-order valence-corrected chi connectivity index (χ1v) is 10.7. The molecule has 0 aliphatic rings. The molecule has 4 rings (SSSR count). The summed E-state index contributed by atoms with van der Waals surface area (Å²) in [6.45, 7) is 5.57. The first kappa shape index (κ1) is 19.1. The number of aryl methyl sites for hydroxylation is 4. The van der Waals surface area contributed by atoms with Gasteiger partial charge < -0.3 is 0 Å². The number of rotatable bonds is 4. The molecule has 2 aromatic carbocycles. The number of aromatic nitrogens is 3. The maximum atomic E-state index is 13.0. The van der Waals surface area contributed by atoms with Crippen LogP contribution in [0.5, 0.6) is 0 Å². The van der Waals surface area contributed by atoms with Crippen molar-refractivity contribution in [2.24, 2.45) is 7.05 Å². The molecule has 0 radical (unpaired) electrons. The summed E-state index contributed by atoms with van der Waals surface area (Å²) in [5, 5.41) is 5.13. The minimum absolute atomic E-state index is 0.296. The van der Waals surface area contributed by atoms with Gasteiger partial charge >= 0.3 is 0 Å². The van der Waals surface area contributed by atoms with E-state index in [0.29, 0.717) is 16.2 Å². The minimum atomic E-state index is -3.73. The zero-order chi connectivity index (χ0) is 20.8. The van der Waals surface area contributed by atoms with Crippen molar-refractivity contribution in [1.82, 2.24) is 14.8 Å². The molecule has 0 saturated carbocycles. The standard InChI is InChI=1S/C22H22N4O2S/c1-14-11-15(2)22(16(3)12-14)29(27,28)25-21-8-6-17-13-18(5-7-19(17)24-21)20-9-10-23-26(20)4/h5-13H,1-4H3,(H,24,25). The molecule has 7 heteroatoms. The summed E-state index contributed by atoms with van der Waals surface area (Å²) >= 11 is 0. The zero-order valence-corrected chi connectivity index (χ0v) is 17.6. The molecule has 0 spiro atoms. The van der Waals surface area contributed by atoms with E-state index in [0.717, 1.165) is 33.3 Å². The van der Waals surface area contributed by atoms with Crippen LogP contribution in [0.3, 0.4) is 0 Å². The van der Waals surface area contributed by atoms with Gasteiger partial charge in [-0.3, -0.25) is 9.40 Å². The lowest BCUT2D eigenvalue weighted by atomic mass is 10.1. The highest BCUT2D eigenvalue weighted by atomic mass is 32.2. The SMILES string of the molecule is Cc1cc(C)c(S(=O)(=O)Nc2ccc3cc(-c4ccnn4C)ccc3n2)c(C)c1. The van der Waals surface area contributed by atoms with Crippen molar-refractivity contribution in [1.29, 1.82) is 0 Å². The second kappa shape index (κ2) is 7.00. The van der Waals surface area contributed by atoms with E-state index >= 15 is 0 Å². The molecule has 29 heavy (non-hydrogen) atoms. The Balaban J connectivity index is 1.69. The molecule has 0 atom stereocenters. The van der Waals surface area contributed by atoms with Crippen LogP contribution in [0.1, 0.15) is 16.7 Å². The Morgan fingerprint density at radius 2 is 1.66 bits per heavy atom. The van der Waals surface area contributed by atoms with Crippen molar-refractivity contribution in [2.45, 2.75) is 25.7 Å². The fourth-order valence-corrected chi connectivity index (χ4v) is 5.23. The number of benzene rings is 2. The monoisotopic (exact) mass is 406 g/mol. The molecule has 1 N–H and O–H groups in total. The Hall–Kier alpha value is -3.19. The van der Waals surface area contributed by atoms with Gasteiger partial charge in [-0.25, -0.2) is 13.4 Å². The van der Waals surface area contributed by atoms with Gasteiger partial charge in [-0.05, 0) is 62.2 Å². The van der Waals surface area contributed by atoms with Gasteiger partial charge in [0.15, 0.2) is 0 Å². The lowest BCUT2D eigenvalue weighted by Crippen LogP contribution is -2.16. The molecular formula is C22H22N4O2S. The van der Waals surface area contributed by atoms with Crippen LogP contribution < -0.4 is 4.72 Å². The minimum Gasteiger partial charge on any atom is -0.268 e. The Bertz CT molecular complexity index is 1320. The summed E-state index contributed by atoms with van der Waals surface area (Å²) in [7, 11) is -1.84. The Labute approximate surface area is 170 Å². The van der Waals surface area contributed by atoms with Crippen LogP contribution in [-0.4, -0.2) is 23.2 Å². The van der Waals surface area contributed by atoms with Crippen LogP contribution in [0, 0.1) is 20.8 Å². The third-order valence-electron chi connectivity index (χ3n) is 4.92. The van der Waals surface area contributed by atoms with Crippen molar-refractivity contribution in [3.8, 4) is 11.3 Å². The number of hydrogen-bond donors (Lipinski definition) is 1. The van der Waals surface area contributed by atoms with Gasteiger partial charge in [0.05, 0.1) is 16.1 Å².